The topological polar surface area (TPSA) is 46.5 Å². The summed E-state index contributed by atoms with van der Waals surface area (Å²) in [5.41, 5.74) is 1.28. The first-order chi connectivity index (χ1) is 9.02. The third-order valence-corrected chi connectivity index (χ3v) is 3.14. The molecule has 0 amide bonds. The zero-order valence-electron chi connectivity index (χ0n) is 9.98. The van der Waals surface area contributed by atoms with Crippen LogP contribution in [-0.4, -0.2) is 18.2 Å². The van der Waals surface area contributed by atoms with Crippen LogP contribution in [0, 0.1) is 0 Å². The molecule has 0 atom stereocenters. The molecule has 0 fully saturated rings. The number of hydrogen-bond donors (Lipinski definition) is 1. The number of carboxylic acids is 1. The average Bonchev–Trinajstić information content (AvgIpc) is 2.38. The van der Waals surface area contributed by atoms with Crippen molar-refractivity contribution in [2.24, 2.45) is 0 Å². The molecule has 98 valence electrons. The van der Waals surface area contributed by atoms with Gasteiger partial charge in [0.15, 0.2) is 0 Å². The first-order valence-corrected chi connectivity index (χ1v) is 6.15. The lowest BCUT2D eigenvalue weighted by Crippen LogP contribution is -2.00. The summed E-state index contributed by atoms with van der Waals surface area (Å²) in [6.45, 7) is 0. The van der Waals surface area contributed by atoms with E-state index in [1.165, 1.54) is 19.2 Å². The summed E-state index contributed by atoms with van der Waals surface area (Å²) >= 11 is 11.8. The molecule has 0 heterocycles. The Balaban J connectivity index is 2.70. The van der Waals surface area contributed by atoms with Crippen molar-refractivity contribution in [1.29, 1.82) is 0 Å². The largest absolute Gasteiger partial charge is 0.496 e. The normalized spacial score (nSPS) is 10.3. The van der Waals surface area contributed by atoms with Gasteiger partial charge in [0.1, 0.15) is 5.75 Å². The number of benzene rings is 2. The minimum atomic E-state index is -1.02. The molecule has 0 aliphatic rings. The highest BCUT2D eigenvalue weighted by molar-refractivity contribution is 6.31. The van der Waals surface area contributed by atoms with Crippen molar-refractivity contribution in [3.05, 3.63) is 52.0 Å². The van der Waals surface area contributed by atoms with E-state index in [0.717, 1.165) is 0 Å². The predicted octanol–water partition coefficient (Wildman–Crippen LogP) is 4.37. The molecule has 0 aromatic heterocycles. The van der Waals surface area contributed by atoms with Gasteiger partial charge in [-0.1, -0.05) is 23.2 Å². The highest BCUT2D eigenvalue weighted by Crippen LogP contribution is 2.35. The molecule has 0 bridgehead atoms. The second-order valence-corrected chi connectivity index (χ2v) is 4.71. The van der Waals surface area contributed by atoms with Crippen molar-refractivity contribution < 1.29 is 14.6 Å². The van der Waals surface area contributed by atoms with Crippen molar-refractivity contribution in [3.8, 4) is 16.9 Å². The summed E-state index contributed by atoms with van der Waals surface area (Å²) < 4.78 is 5.23. The molecule has 0 aliphatic carbocycles. The molecule has 0 radical (unpaired) electrons. The number of carboxylic acid groups (broad SMARTS) is 1. The van der Waals surface area contributed by atoms with Crippen LogP contribution in [0.1, 0.15) is 10.4 Å². The van der Waals surface area contributed by atoms with Gasteiger partial charge < -0.3 is 9.84 Å². The summed E-state index contributed by atoms with van der Waals surface area (Å²) in [5.74, 6) is -0.527. The number of hydrogen-bond acceptors (Lipinski definition) is 2. The van der Waals surface area contributed by atoms with Crippen LogP contribution in [0.15, 0.2) is 36.4 Å². The first-order valence-electron chi connectivity index (χ1n) is 5.39. The minimum Gasteiger partial charge on any atom is -0.496 e. The van der Waals surface area contributed by atoms with Crippen LogP contribution in [0.3, 0.4) is 0 Å². The zero-order chi connectivity index (χ0) is 14.0. The molecular formula is C14H10Cl2O3. The number of halogens is 2. The SMILES string of the molecule is COc1cc(Cl)ccc1-c1cc(Cl)ccc1C(=O)O. The van der Waals surface area contributed by atoms with Crippen LogP contribution in [-0.2, 0) is 0 Å². The number of methoxy groups -OCH3 is 1. The minimum absolute atomic E-state index is 0.157. The van der Waals surface area contributed by atoms with Gasteiger partial charge in [-0.25, -0.2) is 4.79 Å². The van der Waals surface area contributed by atoms with Crippen molar-refractivity contribution in [2.75, 3.05) is 7.11 Å². The lowest BCUT2D eigenvalue weighted by molar-refractivity contribution is 0.0698. The molecule has 0 saturated carbocycles. The van der Waals surface area contributed by atoms with E-state index in [-0.39, 0.29) is 5.56 Å². The summed E-state index contributed by atoms with van der Waals surface area (Å²) in [6, 6.07) is 9.61. The van der Waals surface area contributed by atoms with E-state index < -0.39 is 5.97 Å². The highest BCUT2D eigenvalue weighted by atomic mass is 35.5. The lowest BCUT2D eigenvalue weighted by atomic mass is 9.99. The predicted molar refractivity (Wildman–Crippen MR) is 75.4 cm³/mol. The zero-order valence-corrected chi connectivity index (χ0v) is 11.5. The van der Waals surface area contributed by atoms with Crippen LogP contribution < -0.4 is 4.74 Å². The molecule has 0 saturated heterocycles. The Bertz CT molecular complexity index is 639. The van der Waals surface area contributed by atoms with Crippen LogP contribution in [0.5, 0.6) is 5.75 Å². The van der Waals surface area contributed by atoms with Gasteiger partial charge in [-0.3, -0.25) is 0 Å². The Morgan fingerprint density at radius 3 is 2.32 bits per heavy atom. The van der Waals surface area contributed by atoms with Gasteiger partial charge in [-0.2, -0.15) is 0 Å². The maximum Gasteiger partial charge on any atom is 0.336 e. The van der Waals surface area contributed by atoms with Crippen molar-refractivity contribution >= 4 is 29.2 Å². The number of aromatic carboxylic acids is 1. The monoisotopic (exact) mass is 296 g/mol. The van der Waals surface area contributed by atoms with Crippen molar-refractivity contribution in [3.63, 3.8) is 0 Å². The van der Waals surface area contributed by atoms with Gasteiger partial charge >= 0.3 is 5.97 Å². The fourth-order valence-corrected chi connectivity index (χ4v) is 2.15. The Kier molecular flexibility index (Phi) is 3.98. The summed E-state index contributed by atoms with van der Waals surface area (Å²) in [5, 5.41) is 10.2. The molecule has 2 aromatic carbocycles. The van der Waals surface area contributed by atoms with E-state index in [1.54, 1.807) is 24.3 Å². The molecule has 2 aromatic rings. The van der Waals surface area contributed by atoms with Gasteiger partial charge in [0.25, 0.3) is 0 Å². The maximum atomic E-state index is 11.3. The molecule has 19 heavy (non-hydrogen) atoms. The molecular weight excluding hydrogens is 287 g/mol. The molecule has 0 unspecified atom stereocenters. The van der Waals surface area contributed by atoms with Crippen LogP contribution in [0.4, 0.5) is 0 Å². The van der Waals surface area contributed by atoms with Gasteiger partial charge in [0.05, 0.1) is 12.7 Å². The molecule has 5 heteroatoms. The Labute approximate surface area is 120 Å². The second kappa shape index (κ2) is 5.51. The summed E-state index contributed by atoms with van der Waals surface area (Å²) in [4.78, 5) is 11.3. The summed E-state index contributed by atoms with van der Waals surface area (Å²) in [7, 11) is 1.50. The van der Waals surface area contributed by atoms with Crippen LogP contribution >= 0.6 is 23.2 Å². The van der Waals surface area contributed by atoms with E-state index in [2.05, 4.69) is 0 Å². The van der Waals surface area contributed by atoms with Gasteiger partial charge in [0, 0.05) is 21.2 Å². The number of ether oxygens (including phenoxy) is 1. The summed E-state index contributed by atoms with van der Waals surface area (Å²) in [6.07, 6.45) is 0. The number of carbonyl (C=O) groups is 1. The second-order valence-electron chi connectivity index (χ2n) is 3.84. The van der Waals surface area contributed by atoms with Gasteiger partial charge in [0.2, 0.25) is 0 Å². The molecule has 0 aliphatic heterocycles. The highest BCUT2D eigenvalue weighted by Gasteiger charge is 2.15. The van der Waals surface area contributed by atoms with Crippen molar-refractivity contribution in [1.82, 2.24) is 0 Å². The first kappa shape index (κ1) is 13.7. The van der Waals surface area contributed by atoms with Crippen LogP contribution in [0.25, 0.3) is 11.1 Å². The Morgan fingerprint density at radius 1 is 1.05 bits per heavy atom. The van der Waals surface area contributed by atoms with Crippen LogP contribution in [0.2, 0.25) is 10.0 Å². The molecule has 1 N–H and O–H groups in total. The smallest absolute Gasteiger partial charge is 0.336 e. The standard InChI is InChI=1S/C14H10Cl2O3/c1-19-13-7-9(16)2-4-10(13)12-6-8(15)3-5-11(12)14(17)18/h2-7H,1H3,(H,17,18). The van der Waals surface area contributed by atoms with Crippen molar-refractivity contribution in [2.45, 2.75) is 0 Å². The van der Waals surface area contributed by atoms with Gasteiger partial charge in [-0.15, -0.1) is 0 Å². The Morgan fingerprint density at radius 2 is 1.68 bits per heavy atom. The molecule has 2 rings (SSSR count). The fraction of sp³-hybridized carbons (Fsp3) is 0.0714. The maximum absolute atomic E-state index is 11.3. The third kappa shape index (κ3) is 2.83. The Hall–Kier alpha value is -1.71. The lowest BCUT2D eigenvalue weighted by Gasteiger charge is -2.12. The quantitative estimate of drug-likeness (QED) is 0.915. The molecule has 3 nitrogen and oxygen atoms in total. The van der Waals surface area contributed by atoms with E-state index in [9.17, 15) is 9.90 Å². The molecule has 0 spiro atoms. The average molecular weight is 297 g/mol. The van der Waals surface area contributed by atoms with E-state index in [1.807, 2.05) is 0 Å². The van der Waals surface area contributed by atoms with E-state index in [0.29, 0.717) is 26.9 Å². The van der Waals surface area contributed by atoms with Gasteiger partial charge in [-0.05, 0) is 36.4 Å². The third-order valence-electron chi connectivity index (χ3n) is 2.67. The number of rotatable bonds is 3. The van der Waals surface area contributed by atoms with E-state index >= 15 is 0 Å². The fourth-order valence-electron chi connectivity index (χ4n) is 1.81. The van der Waals surface area contributed by atoms with E-state index in [4.69, 9.17) is 27.9 Å².